The molecule has 0 bridgehead atoms. The van der Waals surface area contributed by atoms with Crippen LogP contribution in [0.3, 0.4) is 0 Å². The third-order valence-corrected chi connectivity index (χ3v) is 3.91. The van der Waals surface area contributed by atoms with E-state index in [2.05, 4.69) is 20.8 Å². The highest BCUT2D eigenvalue weighted by Gasteiger charge is 2.32. The minimum atomic E-state index is 0.264. The van der Waals surface area contributed by atoms with Crippen LogP contribution in [0.25, 0.3) is 0 Å². The molecule has 0 radical (unpaired) electrons. The maximum atomic E-state index is 12.1. The molecule has 100 valence electrons. The number of amides is 1. The zero-order valence-electron chi connectivity index (χ0n) is 11.8. The van der Waals surface area contributed by atoms with Crippen molar-refractivity contribution in [3.63, 3.8) is 0 Å². The second-order valence-corrected chi connectivity index (χ2v) is 6.02. The molecule has 0 saturated heterocycles. The molecule has 1 fully saturated rings. The maximum Gasteiger partial charge on any atom is 0.222 e. The van der Waals surface area contributed by atoms with E-state index in [-0.39, 0.29) is 5.91 Å². The normalized spacial score (nSPS) is 19.2. The predicted octanol–water partition coefficient (Wildman–Crippen LogP) is 2.25. The topological polar surface area (TPSA) is 46.3 Å². The Bertz CT molecular complexity index is 249. The van der Waals surface area contributed by atoms with E-state index in [1.807, 2.05) is 11.9 Å². The summed E-state index contributed by atoms with van der Waals surface area (Å²) >= 11 is 0. The van der Waals surface area contributed by atoms with Crippen molar-refractivity contribution < 1.29 is 4.79 Å². The van der Waals surface area contributed by atoms with Crippen molar-refractivity contribution in [2.24, 2.45) is 23.5 Å². The van der Waals surface area contributed by atoms with Gasteiger partial charge in [0.2, 0.25) is 5.91 Å². The second-order valence-electron chi connectivity index (χ2n) is 6.02. The molecule has 1 amide bonds. The zero-order valence-corrected chi connectivity index (χ0v) is 11.8. The molecule has 0 spiro atoms. The summed E-state index contributed by atoms with van der Waals surface area (Å²) in [4.78, 5) is 14.1. The van der Waals surface area contributed by atoms with Crippen molar-refractivity contribution >= 4 is 5.91 Å². The Hall–Kier alpha value is -0.570. The Labute approximate surface area is 106 Å². The van der Waals surface area contributed by atoms with Crippen LogP contribution in [0.2, 0.25) is 0 Å². The molecule has 0 aromatic heterocycles. The van der Waals surface area contributed by atoms with Gasteiger partial charge in [-0.25, -0.2) is 0 Å². The lowest BCUT2D eigenvalue weighted by molar-refractivity contribution is -0.133. The first-order valence-electron chi connectivity index (χ1n) is 6.91. The van der Waals surface area contributed by atoms with Gasteiger partial charge in [0.05, 0.1) is 0 Å². The van der Waals surface area contributed by atoms with Crippen LogP contribution in [0, 0.1) is 17.8 Å². The Morgan fingerprint density at radius 2 is 1.94 bits per heavy atom. The predicted molar refractivity (Wildman–Crippen MR) is 71.6 cm³/mol. The van der Waals surface area contributed by atoms with Crippen LogP contribution < -0.4 is 5.73 Å². The van der Waals surface area contributed by atoms with Gasteiger partial charge in [0.25, 0.3) is 0 Å². The van der Waals surface area contributed by atoms with E-state index in [9.17, 15) is 4.79 Å². The summed E-state index contributed by atoms with van der Waals surface area (Å²) < 4.78 is 0. The van der Waals surface area contributed by atoms with Crippen LogP contribution in [-0.4, -0.2) is 30.4 Å². The van der Waals surface area contributed by atoms with Gasteiger partial charge in [-0.15, -0.1) is 0 Å². The van der Waals surface area contributed by atoms with Gasteiger partial charge in [-0.2, -0.15) is 0 Å². The molecule has 1 aliphatic carbocycles. The van der Waals surface area contributed by atoms with E-state index < -0.39 is 0 Å². The van der Waals surface area contributed by atoms with E-state index in [4.69, 9.17) is 5.73 Å². The fourth-order valence-corrected chi connectivity index (χ4v) is 2.44. The highest BCUT2D eigenvalue weighted by atomic mass is 16.2. The van der Waals surface area contributed by atoms with Crippen LogP contribution in [0.4, 0.5) is 0 Å². The van der Waals surface area contributed by atoms with Gasteiger partial charge in [0, 0.05) is 19.5 Å². The average Bonchev–Trinajstić information content (AvgIpc) is 3.09. The van der Waals surface area contributed by atoms with E-state index in [1.165, 1.54) is 12.8 Å². The van der Waals surface area contributed by atoms with Crippen molar-refractivity contribution in [2.45, 2.75) is 52.5 Å². The molecule has 1 unspecified atom stereocenters. The highest BCUT2D eigenvalue weighted by molar-refractivity contribution is 5.76. The number of carbonyl (C=O) groups excluding carboxylic acids is 1. The number of nitrogens with two attached hydrogens (primary N) is 1. The minimum absolute atomic E-state index is 0.264. The van der Waals surface area contributed by atoms with Gasteiger partial charge in [-0.1, -0.05) is 13.8 Å². The Morgan fingerprint density at radius 3 is 2.35 bits per heavy atom. The molecule has 1 aliphatic rings. The first kappa shape index (κ1) is 14.5. The van der Waals surface area contributed by atoms with Gasteiger partial charge < -0.3 is 10.6 Å². The van der Waals surface area contributed by atoms with Gasteiger partial charge >= 0.3 is 0 Å². The lowest BCUT2D eigenvalue weighted by atomic mass is 9.93. The van der Waals surface area contributed by atoms with Crippen LogP contribution in [0.15, 0.2) is 0 Å². The standard InChI is InChI=1S/C14H28N2O/c1-10(2)7-12(9-15)8-14(17)16(4)11(3)13-5-6-13/h10-13H,5-9,15H2,1-4H3/t11?,12-/m0/s1. The van der Waals surface area contributed by atoms with Crippen molar-refractivity contribution in [2.75, 3.05) is 13.6 Å². The fourth-order valence-electron chi connectivity index (χ4n) is 2.44. The van der Waals surface area contributed by atoms with Crippen LogP contribution >= 0.6 is 0 Å². The molecule has 2 N–H and O–H groups in total. The average molecular weight is 240 g/mol. The summed E-state index contributed by atoms with van der Waals surface area (Å²) in [6.45, 7) is 7.15. The molecule has 17 heavy (non-hydrogen) atoms. The van der Waals surface area contributed by atoms with Crippen molar-refractivity contribution in [3.8, 4) is 0 Å². The fraction of sp³-hybridized carbons (Fsp3) is 0.929. The number of rotatable bonds is 7. The smallest absolute Gasteiger partial charge is 0.222 e. The van der Waals surface area contributed by atoms with Crippen LogP contribution in [-0.2, 0) is 4.79 Å². The van der Waals surface area contributed by atoms with Crippen molar-refractivity contribution in [1.29, 1.82) is 0 Å². The molecule has 2 atom stereocenters. The lowest BCUT2D eigenvalue weighted by Gasteiger charge is -2.27. The van der Waals surface area contributed by atoms with E-state index >= 15 is 0 Å². The number of nitrogens with zero attached hydrogens (tertiary/aromatic N) is 1. The van der Waals surface area contributed by atoms with Gasteiger partial charge in [0.1, 0.15) is 0 Å². The van der Waals surface area contributed by atoms with E-state index in [0.717, 1.165) is 12.3 Å². The number of hydrogen-bond acceptors (Lipinski definition) is 2. The molecule has 0 heterocycles. The largest absolute Gasteiger partial charge is 0.343 e. The number of carbonyl (C=O) groups is 1. The molecular weight excluding hydrogens is 212 g/mol. The van der Waals surface area contributed by atoms with Crippen LogP contribution in [0.5, 0.6) is 0 Å². The zero-order chi connectivity index (χ0) is 13.0. The van der Waals surface area contributed by atoms with Crippen molar-refractivity contribution in [3.05, 3.63) is 0 Å². The van der Waals surface area contributed by atoms with Gasteiger partial charge in [-0.3, -0.25) is 4.79 Å². The summed E-state index contributed by atoms with van der Waals surface area (Å²) in [5.74, 6) is 1.96. The number of hydrogen-bond donors (Lipinski definition) is 1. The third kappa shape index (κ3) is 4.66. The third-order valence-electron chi connectivity index (χ3n) is 3.91. The summed E-state index contributed by atoms with van der Waals surface area (Å²) in [5, 5.41) is 0. The SMILES string of the molecule is CC(C)C[C@H](CN)CC(=O)N(C)C(C)C1CC1. The monoisotopic (exact) mass is 240 g/mol. The molecular formula is C14H28N2O. The summed E-state index contributed by atoms with van der Waals surface area (Å²) in [6, 6.07) is 0.403. The molecule has 0 aliphatic heterocycles. The van der Waals surface area contributed by atoms with E-state index in [0.29, 0.717) is 30.8 Å². The molecule has 3 nitrogen and oxygen atoms in total. The lowest BCUT2D eigenvalue weighted by Crippen LogP contribution is -2.38. The van der Waals surface area contributed by atoms with Gasteiger partial charge in [-0.05, 0) is 50.5 Å². The Morgan fingerprint density at radius 1 is 1.35 bits per heavy atom. The first-order valence-corrected chi connectivity index (χ1v) is 6.91. The maximum absolute atomic E-state index is 12.1. The minimum Gasteiger partial charge on any atom is -0.343 e. The van der Waals surface area contributed by atoms with Crippen molar-refractivity contribution in [1.82, 2.24) is 4.90 Å². The highest BCUT2D eigenvalue weighted by Crippen LogP contribution is 2.35. The van der Waals surface area contributed by atoms with E-state index in [1.54, 1.807) is 0 Å². The van der Waals surface area contributed by atoms with Crippen LogP contribution in [0.1, 0.15) is 46.5 Å². The molecule has 1 rings (SSSR count). The molecule has 1 saturated carbocycles. The second kappa shape index (κ2) is 6.39. The summed E-state index contributed by atoms with van der Waals surface area (Å²) in [6.07, 6.45) is 4.23. The summed E-state index contributed by atoms with van der Waals surface area (Å²) in [5.41, 5.74) is 5.75. The molecule has 3 heteroatoms. The molecule has 0 aromatic carbocycles. The Kier molecular flexibility index (Phi) is 5.44. The summed E-state index contributed by atoms with van der Waals surface area (Å²) in [7, 11) is 1.94. The Balaban J connectivity index is 2.39. The first-order chi connectivity index (χ1) is 7.95. The quantitative estimate of drug-likeness (QED) is 0.742. The molecule has 0 aromatic rings. The van der Waals surface area contributed by atoms with Gasteiger partial charge in [0.15, 0.2) is 0 Å².